The molecule has 2 heterocycles. The molecule has 0 spiro atoms. The second-order valence-corrected chi connectivity index (χ2v) is 7.84. The Bertz CT molecular complexity index is 1230. The van der Waals surface area contributed by atoms with Crippen LogP contribution < -0.4 is 9.47 Å². The van der Waals surface area contributed by atoms with Crippen molar-refractivity contribution in [2.75, 3.05) is 14.2 Å². The first-order valence-corrected chi connectivity index (χ1v) is 10.5. The summed E-state index contributed by atoms with van der Waals surface area (Å²) in [5.74, 6) is -0.857. The topological polar surface area (TPSA) is 89.0 Å². The van der Waals surface area contributed by atoms with Gasteiger partial charge >= 0.3 is 0 Å². The molecule has 1 amide bonds. The van der Waals surface area contributed by atoms with E-state index < -0.39 is 17.7 Å². The highest BCUT2D eigenvalue weighted by Crippen LogP contribution is 2.44. The molecule has 3 aromatic rings. The number of Topliss-reactive ketones (excluding diaryl/α,β-unsaturated/α-hetero) is 1. The third-order valence-electron chi connectivity index (χ3n) is 5.46. The minimum atomic E-state index is -0.911. The van der Waals surface area contributed by atoms with Gasteiger partial charge in [-0.3, -0.25) is 14.6 Å². The molecule has 1 atom stereocenters. The molecule has 1 aromatic heterocycles. The lowest BCUT2D eigenvalue weighted by atomic mass is 9.94. The van der Waals surface area contributed by atoms with Gasteiger partial charge in [-0.25, -0.2) is 0 Å². The number of pyridine rings is 1. The van der Waals surface area contributed by atoms with Crippen LogP contribution in [0.2, 0.25) is 5.02 Å². The molecule has 1 aliphatic heterocycles. The van der Waals surface area contributed by atoms with Gasteiger partial charge in [-0.2, -0.15) is 0 Å². The van der Waals surface area contributed by atoms with E-state index in [1.54, 1.807) is 60.9 Å². The number of aromatic nitrogens is 1. The van der Waals surface area contributed by atoms with E-state index in [1.165, 1.54) is 19.1 Å². The predicted molar refractivity (Wildman–Crippen MR) is 123 cm³/mol. The van der Waals surface area contributed by atoms with E-state index in [0.29, 0.717) is 27.6 Å². The first kappa shape index (κ1) is 22.4. The zero-order chi connectivity index (χ0) is 23.5. The molecule has 1 saturated heterocycles. The van der Waals surface area contributed by atoms with Crippen LogP contribution in [0, 0.1) is 0 Å². The highest BCUT2D eigenvalue weighted by Gasteiger charge is 2.47. The number of methoxy groups -OCH3 is 2. The van der Waals surface area contributed by atoms with E-state index in [1.807, 2.05) is 6.07 Å². The lowest BCUT2D eigenvalue weighted by molar-refractivity contribution is -0.140. The van der Waals surface area contributed by atoms with E-state index >= 15 is 0 Å². The molecule has 0 saturated carbocycles. The summed E-state index contributed by atoms with van der Waals surface area (Å²) in [5.41, 5.74) is 1.57. The Kier molecular flexibility index (Phi) is 6.33. The van der Waals surface area contributed by atoms with Crippen molar-refractivity contribution >= 4 is 29.1 Å². The summed E-state index contributed by atoms with van der Waals surface area (Å²) in [6.07, 6.45) is 3.25. The van der Waals surface area contributed by atoms with Gasteiger partial charge in [0.25, 0.3) is 11.7 Å². The number of ether oxygens (including phenoxy) is 2. The Morgan fingerprint density at radius 2 is 1.85 bits per heavy atom. The van der Waals surface area contributed by atoms with Crippen molar-refractivity contribution in [3.05, 3.63) is 94.3 Å². The molecule has 7 nitrogen and oxygen atoms in total. The number of nitrogens with zero attached hydrogens (tertiary/aromatic N) is 2. The number of halogens is 1. The Morgan fingerprint density at radius 1 is 1.09 bits per heavy atom. The molecule has 168 valence electrons. The van der Waals surface area contributed by atoms with Crippen LogP contribution in [0.1, 0.15) is 22.7 Å². The van der Waals surface area contributed by atoms with Crippen LogP contribution >= 0.6 is 11.6 Å². The summed E-state index contributed by atoms with van der Waals surface area (Å²) >= 11 is 5.98. The summed E-state index contributed by atoms with van der Waals surface area (Å²) in [7, 11) is 3.02. The van der Waals surface area contributed by atoms with Crippen LogP contribution in [-0.4, -0.2) is 40.9 Å². The largest absolute Gasteiger partial charge is 0.507 e. The second kappa shape index (κ2) is 9.34. The Labute approximate surface area is 195 Å². The standard InChI is InChI=1S/C25H21ClN2O5/c1-32-18-9-10-20(33-2)19(12-18)22-21(23(29)16-5-7-17(26)8-6-16)24(30)25(31)28(22)14-15-4-3-11-27-13-15/h3-13,22,29H,14H2,1-2H3/t22-/m0/s1. The quantitative estimate of drug-likeness (QED) is 0.331. The first-order chi connectivity index (χ1) is 15.9. The highest BCUT2D eigenvalue weighted by atomic mass is 35.5. The number of hydrogen-bond acceptors (Lipinski definition) is 6. The molecule has 1 N–H and O–H groups in total. The number of carbonyl (C=O) groups is 2. The van der Waals surface area contributed by atoms with Crippen molar-refractivity contribution in [2.24, 2.45) is 0 Å². The summed E-state index contributed by atoms with van der Waals surface area (Å²) in [4.78, 5) is 31.9. The van der Waals surface area contributed by atoms with Crippen molar-refractivity contribution in [2.45, 2.75) is 12.6 Å². The van der Waals surface area contributed by atoms with Crippen LogP contribution in [0.15, 0.2) is 72.6 Å². The van der Waals surface area contributed by atoms with E-state index in [2.05, 4.69) is 4.98 Å². The van der Waals surface area contributed by atoms with Gasteiger partial charge in [0.1, 0.15) is 17.3 Å². The van der Waals surface area contributed by atoms with E-state index in [9.17, 15) is 14.7 Å². The number of aliphatic hydroxyl groups excluding tert-OH is 1. The number of aliphatic hydroxyl groups is 1. The summed E-state index contributed by atoms with van der Waals surface area (Å²) < 4.78 is 10.9. The van der Waals surface area contributed by atoms with Gasteiger partial charge in [-0.15, -0.1) is 0 Å². The van der Waals surface area contributed by atoms with Crippen molar-refractivity contribution in [1.82, 2.24) is 9.88 Å². The zero-order valence-electron chi connectivity index (χ0n) is 18.0. The molecule has 8 heteroatoms. The average molecular weight is 465 g/mol. The van der Waals surface area contributed by atoms with Gasteiger partial charge < -0.3 is 19.5 Å². The van der Waals surface area contributed by atoms with Crippen molar-refractivity contribution in [1.29, 1.82) is 0 Å². The molecule has 0 radical (unpaired) electrons. The number of likely N-dealkylation sites (tertiary alicyclic amines) is 1. The fraction of sp³-hybridized carbons (Fsp3) is 0.160. The maximum Gasteiger partial charge on any atom is 0.295 e. The van der Waals surface area contributed by atoms with Gasteiger partial charge in [-0.05, 0) is 54.1 Å². The molecule has 0 aliphatic carbocycles. The van der Waals surface area contributed by atoms with Gasteiger partial charge in [0.05, 0.1) is 25.8 Å². The Morgan fingerprint density at radius 3 is 2.48 bits per heavy atom. The molecule has 2 aromatic carbocycles. The maximum absolute atomic E-state index is 13.2. The highest BCUT2D eigenvalue weighted by molar-refractivity contribution is 6.46. The van der Waals surface area contributed by atoms with Crippen LogP contribution in [0.5, 0.6) is 11.5 Å². The fourth-order valence-electron chi connectivity index (χ4n) is 3.87. The minimum Gasteiger partial charge on any atom is -0.507 e. The van der Waals surface area contributed by atoms with Gasteiger partial charge in [0, 0.05) is 35.1 Å². The second-order valence-electron chi connectivity index (χ2n) is 7.40. The minimum absolute atomic E-state index is 0.0437. The van der Waals surface area contributed by atoms with E-state index in [4.69, 9.17) is 21.1 Å². The lowest BCUT2D eigenvalue weighted by Gasteiger charge is -2.27. The first-order valence-electron chi connectivity index (χ1n) is 10.1. The average Bonchev–Trinajstić information content (AvgIpc) is 3.09. The van der Waals surface area contributed by atoms with E-state index in [-0.39, 0.29) is 17.9 Å². The molecule has 0 unspecified atom stereocenters. The van der Waals surface area contributed by atoms with E-state index in [0.717, 1.165) is 5.56 Å². The van der Waals surface area contributed by atoms with Crippen molar-refractivity contribution in [3.63, 3.8) is 0 Å². The molecule has 4 rings (SSSR count). The maximum atomic E-state index is 13.2. The number of amides is 1. The van der Waals surface area contributed by atoms with Crippen molar-refractivity contribution in [3.8, 4) is 11.5 Å². The van der Waals surface area contributed by atoms with Gasteiger partial charge in [-0.1, -0.05) is 17.7 Å². The molecule has 0 bridgehead atoms. The molecule has 1 fully saturated rings. The van der Waals surface area contributed by atoms with Gasteiger partial charge in [0.15, 0.2) is 0 Å². The Balaban J connectivity index is 1.93. The van der Waals surface area contributed by atoms with Crippen LogP contribution in [0.25, 0.3) is 5.76 Å². The Hall–Kier alpha value is -3.84. The lowest BCUT2D eigenvalue weighted by Crippen LogP contribution is -2.29. The third-order valence-corrected chi connectivity index (χ3v) is 5.72. The summed E-state index contributed by atoms with van der Waals surface area (Å²) in [6, 6.07) is 14.1. The van der Waals surface area contributed by atoms with Gasteiger partial charge in [0.2, 0.25) is 0 Å². The number of carbonyl (C=O) groups excluding carboxylic acids is 2. The molecule has 1 aliphatic rings. The number of hydrogen-bond donors (Lipinski definition) is 1. The molecular weight excluding hydrogens is 444 g/mol. The smallest absolute Gasteiger partial charge is 0.295 e. The normalized spacial score (nSPS) is 17.3. The van der Waals surface area contributed by atoms with Crippen molar-refractivity contribution < 1.29 is 24.2 Å². The fourth-order valence-corrected chi connectivity index (χ4v) is 4.00. The summed E-state index contributed by atoms with van der Waals surface area (Å²) in [6.45, 7) is 0.112. The molecule has 33 heavy (non-hydrogen) atoms. The van der Waals surface area contributed by atoms with Crippen LogP contribution in [-0.2, 0) is 16.1 Å². The third kappa shape index (κ3) is 4.27. The predicted octanol–water partition coefficient (Wildman–Crippen LogP) is 4.37. The number of benzene rings is 2. The zero-order valence-corrected chi connectivity index (χ0v) is 18.7. The number of ketones is 1. The monoisotopic (exact) mass is 464 g/mol. The SMILES string of the molecule is COc1ccc(OC)c([C@H]2C(=C(O)c3ccc(Cl)cc3)C(=O)C(=O)N2Cc2cccnc2)c1. The summed E-state index contributed by atoms with van der Waals surface area (Å²) in [5, 5.41) is 11.6. The van der Waals surface area contributed by atoms with Crippen LogP contribution in [0.3, 0.4) is 0 Å². The number of rotatable bonds is 6. The van der Waals surface area contributed by atoms with Crippen LogP contribution in [0.4, 0.5) is 0 Å². The molecular formula is C25H21ClN2O5.